The molecule has 0 saturated heterocycles. The van der Waals surface area contributed by atoms with Crippen LogP contribution in [0.25, 0.3) is 20.2 Å². The van der Waals surface area contributed by atoms with Gasteiger partial charge in [0.25, 0.3) is 11.8 Å². The normalized spacial score (nSPS) is 11.1. The predicted octanol–water partition coefficient (Wildman–Crippen LogP) is 13.9. The number of amides is 2. The molecule has 4 nitrogen and oxygen atoms in total. The van der Waals surface area contributed by atoms with E-state index in [9.17, 15) is 9.59 Å². The highest BCUT2D eigenvalue weighted by molar-refractivity contribution is 7.23. The maximum absolute atomic E-state index is 14.8. The number of nitrogens with zero attached hydrogens (tertiary/aromatic N) is 2. The summed E-state index contributed by atoms with van der Waals surface area (Å²) in [4.78, 5) is 36.4. The third kappa shape index (κ3) is 11.5. The molecule has 3 aromatic carbocycles. The van der Waals surface area contributed by atoms with E-state index in [4.69, 9.17) is 0 Å². The van der Waals surface area contributed by atoms with Gasteiger partial charge in [-0.3, -0.25) is 9.59 Å². The largest absolute Gasteiger partial charge is 0.308 e. The zero-order chi connectivity index (χ0) is 36.4. The van der Waals surface area contributed by atoms with Gasteiger partial charge in [-0.15, -0.1) is 22.7 Å². The van der Waals surface area contributed by atoms with Gasteiger partial charge < -0.3 is 9.80 Å². The highest BCUT2D eigenvalue weighted by atomic mass is 32.1. The molecule has 0 radical (unpaired) electrons. The maximum atomic E-state index is 14.8. The van der Waals surface area contributed by atoms with Crippen LogP contribution < -0.4 is 9.80 Å². The zero-order valence-corrected chi connectivity index (χ0v) is 32.9. The second kappa shape index (κ2) is 21.5. The Kier molecular flexibility index (Phi) is 16.2. The summed E-state index contributed by atoms with van der Waals surface area (Å²) in [6.45, 7) is 5.75. The van der Waals surface area contributed by atoms with Crippen LogP contribution in [0.4, 0.5) is 11.4 Å². The quantitative estimate of drug-likeness (QED) is 0.0665. The SMILES string of the molecule is CCCCCCCCCN(C(=O)c1cc(-c2ccc(-c3cccs3)s2)cc(N(CCCCCCCCC)C(=O)c2ccccc2)c1)c1ccccc1. The van der Waals surface area contributed by atoms with Crippen LogP contribution in [0.5, 0.6) is 0 Å². The molecule has 52 heavy (non-hydrogen) atoms. The second-order valence-electron chi connectivity index (χ2n) is 13.8. The Morgan fingerprint density at radius 2 is 1.02 bits per heavy atom. The lowest BCUT2D eigenvalue weighted by atomic mass is 10.0. The third-order valence-corrected chi connectivity index (χ3v) is 11.9. The molecule has 2 aromatic heterocycles. The van der Waals surface area contributed by atoms with Crippen LogP contribution in [-0.2, 0) is 0 Å². The van der Waals surface area contributed by atoms with Crippen molar-refractivity contribution in [2.24, 2.45) is 0 Å². The van der Waals surface area contributed by atoms with Crippen molar-refractivity contribution in [3.05, 3.63) is 120 Å². The fraction of sp³-hybridized carbons (Fsp3) is 0.391. The molecule has 0 bridgehead atoms. The number of rotatable bonds is 22. The first-order chi connectivity index (χ1) is 25.6. The summed E-state index contributed by atoms with van der Waals surface area (Å²) < 4.78 is 0. The van der Waals surface area contributed by atoms with E-state index < -0.39 is 0 Å². The fourth-order valence-corrected chi connectivity index (χ4v) is 8.55. The van der Waals surface area contributed by atoms with Gasteiger partial charge in [-0.05, 0) is 84.4 Å². The van der Waals surface area contributed by atoms with Crippen molar-refractivity contribution in [3.63, 3.8) is 0 Å². The van der Waals surface area contributed by atoms with Gasteiger partial charge in [0.1, 0.15) is 0 Å². The molecule has 5 aromatic rings. The minimum atomic E-state index is -0.0319. The summed E-state index contributed by atoms with van der Waals surface area (Å²) in [5, 5.41) is 2.10. The minimum absolute atomic E-state index is 0.0293. The molecule has 0 unspecified atom stereocenters. The molecular weight excluding hydrogens is 677 g/mol. The number of carbonyl (C=O) groups excluding carboxylic acids is 2. The van der Waals surface area contributed by atoms with Crippen LogP contribution in [0.2, 0.25) is 0 Å². The number of benzene rings is 3. The first-order valence-corrected chi connectivity index (χ1v) is 21.3. The molecule has 6 heteroatoms. The van der Waals surface area contributed by atoms with Gasteiger partial charge in [-0.25, -0.2) is 0 Å². The van der Waals surface area contributed by atoms with Crippen molar-refractivity contribution in [2.45, 2.75) is 104 Å². The molecule has 0 atom stereocenters. The standard InChI is InChI=1S/C46H56N2O2S2/c1-3-5-7-9-11-13-21-31-47(40-26-19-16-20-27-40)46(50)39-34-38(42-29-30-44(52-42)43-28-23-33-51-43)35-41(36-39)48(32-22-14-12-10-8-6-4-2)45(49)37-24-17-15-18-25-37/h15-20,23-30,33-36H,3-14,21-22,31-32H2,1-2H3. The molecule has 2 amide bonds. The number of thiophene rings is 2. The van der Waals surface area contributed by atoms with E-state index in [0.717, 1.165) is 47.5 Å². The Morgan fingerprint density at radius 3 is 1.62 bits per heavy atom. The lowest BCUT2D eigenvalue weighted by Crippen LogP contribution is -2.34. The Bertz CT molecular complexity index is 1760. The number of para-hydroxylation sites is 1. The zero-order valence-electron chi connectivity index (χ0n) is 31.2. The lowest BCUT2D eigenvalue weighted by Gasteiger charge is -2.26. The van der Waals surface area contributed by atoms with Crippen LogP contribution in [0, 0.1) is 0 Å². The first-order valence-electron chi connectivity index (χ1n) is 19.6. The monoisotopic (exact) mass is 732 g/mol. The van der Waals surface area contributed by atoms with Crippen molar-refractivity contribution in [2.75, 3.05) is 22.9 Å². The summed E-state index contributed by atoms with van der Waals surface area (Å²) in [5.74, 6) is -0.0612. The topological polar surface area (TPSA) is 40.6 Å². The van der Waals surface area contributed by atoms with Crippen molar-refractivity contribution >= 4 is 45.9 Å². The molecule has 0 aliphatic rings. The van der Waals surface area contributed by atoms with Crippen LogP contribution >= 0.6 is 22.7 Å². The molecule has 0 N–H and O–H groups in total. The van der Waals surface area contributed by atoms with Crippen LogP contribution in [-0.4, -0.2) is 24.9 Å². The van der Waals surface area contributed by atoms with E-state index >= 15 is 0 Å². The molecule has 0 fully saturated rings. The second-order valence-corrected chi connectivity index (χ2v) is 15.8. The third-order valence-electron chi connectivity index (χ3n) is 9.68. The number of carbonyl (C=O) groups is 2. The number of anilines is 2. The van der Waals surface area contributed by atoms with E-state index in [1.165, 1.54) is 74.0 Å². The van der Waals surface area contributed by atoms with Crippen LogP contribution in [0.3, 0.4) is 0 Å². The summed E-state index contributed by atoms with van der Waals surface area (Å²) in [5.41, 5.74) is 3.90. The Hall–Kier alpha value is -4.00. The highest BCUT2D eigenvalue weighted by Gasteiger charge is 2.24. The molecular formula is C46H56N2O2S2. The molecule has 2 heterocycles. The van der Waals surface area contributed by atoms with Crippen LogP contribution in [0.1, 0.15) is 124 Å². The molecule has 5 rings (SSSR count). The average molecular weight is 733 g/mol. The van der Waals surface area contributed by atoms with Crippen LogP contribution in [0.15, 0.2) is 109 Å². The molecule has 0 aliphatic carbocycles. The Balaban J connectivity index is 1.49. The highest BCUT2D eigenvalue weighted by Crippen LogP contribution is 2.39. The molecule has 274 valence electrons. The van der Waals surface area contributed by atoms with Gasteiger partial charge >= 0.3 is 0 Å². The van der Waals surface area contributed by atoms with Crippen molar-refractivity contribution in [1.82, 2.24) is 0 Å². The molecule has 0 saturated carbocycles. The van der Waals surface area contributed by atoms with Gasteiger partial charge in [0.15, 0.2) is 0 Å². The number of unbranched alkanes of at least 4 members (excludes halogenated alkanes) is 12. The van der Waals surface area contributed by atoms with Crippen molar-refractivity contribution in [1.29, 1.82) is 0 Å². The summed E-state index contributed by atoms with van der Waals surface area (Å²) in [6, 6.07) is 34.3. The smallest absolute Gasteiger partial charge is 0.258 e. The molecule has 0 spiro atoms. The van der Waals surface area contributed by atoms with E-state index in [1.807, 2.05) is 82.6 Å². The van der Waals surface area contributed by atoms with Gasteiger partial charge in [0.05, 0.1) is 0 Å². The van der Waals surface area contributed by atoms with Gasteiger partial charge in [0, 0.05) is 50.2 Å². The van der Waals surface area contributed by atoms with E-state index in [1.54, 1.807) is 22.7 Å². The first kappa shape index (κ1) is 39.2. The van der Waals surface area contributed by atoms with Gasteiger partial charge in [0.2, 0.25) is 0 Å². The summed E-state index contributed by atoms with van der Waals surface area (Å²) in [6.07, 6.45) is 16.5. The Labute approximate surface area is 320 Å². The van der Waals surface area contributed by atoms with Crippen molar-refractivity contribution < 1.29 is 9.59 Å². The average Bonchev–Trinajstić information content (AvgIpc) is 3.91. The summed E-state index contributed by atoms with van der Waals surface area (Å²) >= 11 is 3.46. The fourth-order valence-electron chi connectivity index (χ4n) is 6.73. The van der Waals surface area contributed by atoms with Gasteiger partial charge in [-0.1, -0.05) is 133 Å². The van der Waals surface area contributed by atoms with Gasteiger partial charge in [-0.2, -0.15) is 0 Å². The number of hydrogen-bond donors (Lipinski definition) is 0. The Morgan fingerprint density at radius 1 is 0.481 bits per heavy atom. The number of hydrogen-bond acceptors (Lipinski definition) is 4. The van der Waals surface area contributed by atoms with Crippen molar-refractivity contribution in [3.8, 4) is 20.2 Å². The summed E-state index contributed by atoms with van der Waals surface area (Å²) in [7, 11) is 0. The lowest BCUT2D eigenvalue weighted by molar-refractivity contribution is 0.0975. The van der Waals surface area contributed by atoms with E-state index in [0.29, 0.717) is 24.2 Å². The molecule has 0 aliphatic heterocycles. The predicted molar refractivity (Wildman–Crippen MR) is 225 cm³/mol. The maximum Gasteiger partial charge on any atom is 0.258 e. The van der Waals surface area contributed by atoms with E-state index in [-0.39, 0.29) is 11.8 Å². The van der Waals surface area contributed by atoms with E-state index in [2.05, 4.69) is 49.6 Å². The minimum Gasteiger partial charge on any atom is -0.308 e.